The highest BCUT2D eigenvalue weighted by atomic mass is 16.5. The van der Waals surface area contributed by atoms with Gasteiger partial charge in [0.1, 0.15) is 5.82 Å². The summed E-state index contributed by atoms with van der Waals surface area (Å²) >= 11 is 0. The predicted octanol–water partition coefficient (Wildman–Crippen LogP) is 1.06. The second kappa shape index (κ2) is 5.44. The van der Waals surface area contributed by atoms with Crippen LogP contribution in [-0.4, -0.2) is 44.2 Å². The van der Waals surface area contributed by atoms with Crippen LogP contribution >= 0.6 is 0 Å². The van der Waals surface area contributed by atoms with Crippen molar-refractivity contribution < 1.29 is 4.74 Å². The lowest BCUT2D eigenvalue weighted by molar-refractivity contribution is 0.398. The molecule has 78 valence electrons. The molecule has 0 spiro atoms. The van der Waals surface area contributed by atoms with Crippen LogP contribution in [0.2, 0.25) is 0 Å². The minimum Gasteiger partial charge on any atom is -0.481 e. The van der Waals surface area contributed by atoms with Gasteiger partial charge in [0.05, 0.1) is 7.11 Å². The third-order valence-corrected chi connectivity index (χ3v) is 1.80. The van der Waals surface area contributed by atoms with Crippen molar-refractivity contribution in [3.63, 3.8) is 0 Å². The molecule has 0 saturated carbocycles. The zero-order valence-electron chi connectivity index (χ0n) is 8.95. The average molecular weight is 195 g/mol. The van der Waals surface area contributed by atoms with E-state index in [0.29, 0.717) is 5.88 Å². The van der Waals surface area contributed by atoms with Crippen molar-refractivity contribution in [2.24, 2.45) is 0 Å². The van der Waals surface area contributed by atoms with Crippen molar-refractivity contribution in [1.29, 1.82) is 0 Å². The molecule has 0 radical (unpaired) electrons. The van der Waals surface area contributed by atoms with Crippen LogP contribution in [0.15, 0.2) is 18.2 Å². The van der Waals surface area contributed by atoms with Gasteiger partial charge in [-0.2, -0.15) is 4.98 Å². The van der Waals surface area contributed by atoms with E-state index in [1.807, 2.05) is 32.3 Å². The molecule has 1 aromatic heterocycles. The topological polar surface area (TPSA) is 37.4 Å². The van der Waals surface area contributed by atoms with Crippen molar-refractivity contribution in [2.45, 2.75) is 0 Å². The quantitative estimate of drug-likeness (QED) is 0.762. The fourth-order valence-corrected chi connectivity index (χ4v) is 1.03. The third kappa shape index (κ3) is 3.62. The van der Waals surface area contributed by atoms with Gasteiger partial charge in [-0.05, 0) is 20.2 Å². The molecular weight excluding hydrogens is 178 g/mol. The Bertz CT molecular complexity index is 276. The number of pyridine rings is 1. The summed E-state index contributed by atoms with van der Waals surface area (Å²) in [6, 6.07) is 5.68. The molecule has 1 heterocycles. The number of likely N-dealkylation sites (N-methyl/N-ethyl adjacent to an activating group) is 1. The molecule has 0 bridgehead atoms. The Labute approximate surface area is 84.9 Å². The van der Waals surface area contributed by atoms with Crippen LogP contribution in [0.1, 0.15) is 0 Å². The lowest BCUT2D eigenvalue weighted by Gasteiger charge is -2.10. The normalized spacial score (nSPS) is 10.3. The average Bonchev–Trinajstić information content (AvgIpc) is 2.18. The van der Waals surface area contributed by atoms with Gasteiger partial charge in [-0.1, -0.05) is 6.07 Å². The summed E-state index contributed by atoms with van der Waals surface area (Å²) in [4.78, 5) is 6.35. The first-order valence-electron chi connectivity index (χ1n) is 4.62. The van der Waals surface area contributed by atoms with Gasteiger partial charge in [-0.25, -0.2) is 0 Å². The van der Waals surface area contributed by atoms with Crippen LogP contribution in [0.5, 0.6) is 5.88 Å². The summed E-state index contributed by atoms with van der Waals surface area (Å²) in [7, 11) is 5.70. The molecule has 0 aromatic carbocycles. The summed E-state index contributed by atoms with van der Waals surface area (Å²) in [5.74, 6) is 1.49. The number of ether oxygens (including phenoxy) is 1. The van der Waals surface area contributed by atoms with Gasteiger partial charge in [0, 0.05) is 19.2 Å². The first-order chi connectivity index (χ1) is 6.72. The number of nitrogens with zero attached hydrogens (tertiary/aromatic N) is 2. The Balaban J connectivity index is 2.42. The zero-order valence-corrected chi connectivity index (χ0v) is 8.95. The molecular formula is C10H17N3O. The smallest absolute Gasteiger partial charge is 0.214 e. The van der Waals surface area contributed by atoms with Crippen molar-refractivity contribution in [3.05, 3.63) is 18.2 Å². The molecule has 4 heteroatoms. The van der Waals surface area contributed by atoms with Gasteiger partial charge in [-0.3, -0.25) is 0 Å². The molecule has 1 N–H and O–H groups in total. The maximum absolute atomic E-state index is 5.02. The number of methoxy groups -OCH3 is 1. The Morgan fingerprint density at radius 3 is 2.86 bits per heavy atom. The van der Waals surface area contributed by atoms with E-state index in [2.05, 4.69) is 15.2 Å². The third-order valence-electron chi connectivity index (χ3n) is 1.80. The summed E-state index contributed by atoms with van der Waals surface area (Å²) < 4.78 is 5.02. The molecule has 0 unspecified atom stereocenters. The maximum atomic E-state index is 5.02. The molecule has 1 aromatic rings. The van der Waals surface area contributed by atoms with Crippen LogP contribution < -0.4 is 10.1 Å². The number of anilines is 1. The summed E-state index contributed by atoms with van der Waals surface area (Å²) in [6.07, 6.45) is 0. The highest BCUT2D eigenvalue weighted by molar-refractivity contribution is 5.36. The second-order valence-electron chi connectivity index (χ2n) is 3.30. The molecule has 0 saturated heterocycles. The van der Waals surface area contributed by atoms with E-state index in [9.17, 15) is 0 Å². The number of nitrogens with one attached hydrogen (secondary N) is 1. The monoisotopic (exact) mass is 195 g/mol. The van der Waals surface area contributed by atoms with Gasteiger partial charge in [-0.15, -0.1) is 0 Å². The lowest BCUT2D eigenvalue weighted by atomic mass is 10.4. The van der Waals surface area contributed by atoms with E-state index in [4.69, 9.17) is 4.74 Å². The molecule has 0 amide bonds. The lowest BCUT2D eigenvalue weighted by Crippen LogP contribution is -2.21. The summed E-state index contributed by atoms with van der Waals surface area (Å²) in [5.41, 5.74) is 0. The number of hydrogen-bond donors (Lipinski definition) is 1. The Kier molecular flexibility index (Phi) is 4.19. The first-order valence-corrected chi connectivity index (χ1v) is 4.62. The molecule has 1 rings (SSSR count). The fraction of sp³-hybridized carbons (Fsp3) is 0.500. The molecule has 0 atom stereocenters. The largest absolute Gasteiger partial charge is 0.481 e. The van der Waals surface area contributed by atoms with Crippen LogP contribution in [0, 0.1) is 0 Å². The highest BCUT2D eigenvalue weighted by Crippen LogP contribution is 2.09. The molecule has 0 fully saturated rings. The SMILES string of the molecule is COc1cccc(NCCN(C)C)n1. The van der Waals surface area contributed by atoms with E-state index < -0.39 is 0 Å². The van der Waals surface area contributed by atoms with Crippen LogP contribution in [0.4, 0.5) is 5.82 Å². The molecule has 0 aliphatic carbocycles. The molecule has 0 aliphatic heterocycles. The maximum Gasteiger partial charge on any atom is 0.214 e. The Morgan fingerprint density at radius 1 is 1.43 bits per heavy atom. The predicted molar refractivity (Wildman–Crippen MR) is 57.8 cm³/mol. The van der Waals surface area contributed by atoms with Gasteiger partial charge < -0.3 is 15.0 Å². The van der Waals surface area contributed by atoms with E-state index in [-0.39, 0.29) is 0 Å². The van der Waals surface area contributed by atoms with Crippen LogP contribution in [-0.2, 0) is 0 Å². The Morgan fingerprint density at radius 2 is 2.21 bits per heavy atom. The van der Waals surface area contributed by atoms with Crippen molar-refractivity contribution in [1.82, 2.24) is 9.88 Å². The Hall–Kier alpha value is -1.29. The standard InChI is InChI=1S/C10H17N3O/c1-13(2)8-7-11-9-5-4-6-10(12-9)14-3/h4-6H,7-8H2,1-3H3,(H,11,12). The van der Waals surface area contributed by atoms with Crippen LogP contribution in [0.25, 0.3) is 0 Å². The van der Waals surface area contributed by atoms with E-state index in [1.54, 1.807) is 7.11 Å². The van der Waals surface area contributed by atoms with Crippen LogP contribution in [0.3, 0.4) is 0 Å². The number of hydrogen-bond acceptors (Lipinski definition) is 4. The summed E-state index contributed by atoms with van der Waals surface area (Å²) in [6.45, 7) is 1.87. The van der Waals surface area contributed by atoms with Gasteiger partial charge in [0.2, 0.25) is 5.88 Å². The zero-order chi connectivity index (χ0) is 10.4. The van der Waals surface area contributed by atoms with E-state index in [0.717, 1.165) is 18.9 Å². The van der Waals surface area contributed by atoms with Gasteiger partial charge >= 0.3 is 0 Å². The van der Waals surface area contributed by atoms with Crippen molar-refractivity contribution >= 4 is 5.82 Å². The van der Waals surface area contributed by atoms with Gasteiger partial charge in [0.25, 0.3) is 0 Å². The molecule has 0 aliphatic rings. The van der Waals surface area contributed by atoms with E-state index >= 15 is 0 Å². The minimum atomic E-state index is 0.639. The summed E-state index contributed by atoms with van der Waals surface area (Å²) in [5, 5.41) is 3.22. The molecule has 14 heavy (non-hydrogen) atoms. The van der Waals surface area contributed by atoms with E-state index in [1.165, 1.54) is 0 Å². The fourth-order valence-electron chi connectivity index (χ4n) is 1.03. The molecule has 4 nitrogen and oxygen atoms in total. The van der Waals surface area contributed by atoms with Gasteiger partial charge in [0.15, 0.2) is 0 Å². The second-order valence-corrected chi connectivity index (χ2v) is 3.30. The van der Waals surface area contributed by atoms with Crippen molar-refractivity contribution in [2.75, 3.05) is 39.6 Å². The van der Waals surface area contributed by atoms with Crippen molar-refractivity contribution in [3.8, 4) is 5.88 Å². The number of aromatic nitrogens is 1. The minimum absolute atomic E-state index is 0.639. The first kappa shape index (κ1) is 10.8. The highest BCUT2D eigenvalue weighted by Gasteiger charge is 1.96. The number of rotatable bonds is 5.